The van der Waals surface area contributed by atoms with Gasteiger partial charge in [-0.25, -0.2) is 9.37 Å². The summed E-state index contributed by atoms with van der Waals surface area (Å²) in [6.07, 6.45) is 2.01. The molecule has 1 atom stereocenters. The van der Waals surface area contributed by atoms with E-state index in [2.05, 4.69) is 15.3 Å². The zero-order chi connectivity index (χ0) is 15.7. The Labute approximate surface area is 131 Å². The van der Waals surface area contributed by atoms with Gasteiger partial charge in [0.05, 0.1) is 5.69 Å². The Morgan fingerprint density at radius 1 is 1.50 bits per heavy atom. The van der Waals surface area contributed by atoms with Crippen molar-refractivity contribution in [3.8, 4) is 0 Å². The van der Waals surface area contributed by atoms with Gasteiger partial charge in [0.25, 0.3) is 0 Å². The van der Waals surface area contributed by atoms with Crippen LogP contribution < -0.4 is 5.32 Å². The predicted octanol–water partition coefficient (Wildman–Crippen LogP) is 3.47. The van der Waals surface area contributed by atoms with Crippen LogP contribution in [-0.2, 0) is 6.42 Å². The second kappa shape index (κ2) is 5.98. The van der Waals surface area contributed by atoms with Gasteiger partial charge in [-0.05, 0) is 37.7 Å². The van der Waals surface area contributed by atoms with Crippen molar-refractivity contribution in [1.82, 2.24) is 15.3 Å². The summed E-state index contributed by atoms with van der Waals surface area (Å²) < 4.78 is 13.2. The third-order valence-corrected chi connectivity index (χ3v) is 4.62. The smallest absolute Gasteiger partial charge is 0.195 e. The van der Waals surface area contributed by atoms with Crippen LogP contribution in [0.1, 0.15) is 34.0 Å². The molecule has 3 aromatic rings. The topological polar surface area (TPSA) is 57.8 Å². The van der Waals surface area contributed by atoms with Crippen LogP contribution >= 0.6 is 11.3 Å². The molecule has 0 saturated carbocycles. The number of aromatic amines is 1. The maximum absolute atomic E-state index is 13.2. The first-order chi connectivity index (χ1) is 10.6. The first-order valence-electron chi connectivity index (χ1n) is 7.00. The second-order valence-electron chi connectivity index (χ2n) is 5.19. The molecule has 2 N–H and O–H groups in total. The van der Waals surface area contributed by atoms with E-state index < -0.39 is 0 Å². The summed E-state index contributed by atoms with van der Waals surface area (Å²) in [6.45, 7) is 2.00. The largest absolute Gasteiger partial charge is 0.361 e. The van der Waals surface area contributed by atoms with Crippen molar-refractivity contribution in [2.45, 2.75) is 19.4 Å². The Morgan fingerprint density at radius 3 is 3.09 bits per heavy atom. The molecule has 0 aliphatic carbocycles. The summed E-state index contributed by atoms with van der Waals surface area (Å²) >= 11 is 1.36. The normalized spacial score (nSPS) is 12.7. The number of aromatic nitrogens is 2. The number of thiazole rings is 1. The van der Waals surface area contributed by atoms with Crippen LogP contribution in [0.5, 0.6) is 0 Å². The summed E-state index contributed by atoms with van der Waals surface area (Å²) in [5.41, 5.74) is 2.43. The number of benzene rings is 1. The molecule has 2 aromatic heterocycles. The minimum absolute atomic E-state index is 0.0234. The van der Waals surface area contributed by atoms with Gasteiger partial charge in [-0.3, -0.25) is 4.79 Å². The van der Waals surface area contributed by atoms with E-state index in [1.807, 2.05) is 19.4 Å². The SMILES string of the molecule is CN[C@@H](C)c1csc(C(=O)Cc2c[nH]c3cc(F)ccc23)n1. The van der Waals surface area contributed by atoms with Gasteiger partial charge in [-0.1, -0.05) is 0 Å². The standard InChI is InChI=1S/C16H16FN3OS/c1-9(18-2)14-8-22-16(20-14)15(21)5-10-7-19-13-6-11(17)3-4-12(10)13/h3-4,6-9,18-19H,5H2,1-2H3/t9-/m0/s1. The molecule has 22 heavy (non-hydrogen) atoms. The number of ketones is 1. The zero-order valence-electron chi connectivity index (χ0n) is 12.3. The Balaban J connectivity index is 1.82. The molecular weight excluding hydrogens is 301 g/mol. The quantitative estimate of drug-likeness (QED) is 0.708. The molecule has 0 radical (unpaired) electrons. The predicted molar refractivity (Wildman–Crippen MR) is 85.9 cm³/mol. The van der Waals surface area contributed by atoms with Crippen molar-refractivity contribution in [3.05, 3.63) is 51.9 Å². The lowest BCUT2D eigenvalue weighted by molar-refractivity contribution is 0.0992. The summed E-state index contributed by atoms with van der Waals surface area (Å²) in [4.78, 5) is 19.8. The van der Waals surface area contributed by atoms with Crippen LogP contribution in [-0.4, -0.2) is 22.8 Å². The van der Waals surface area contributed by atoms with Crippen LogP contribution in [0.15, 0.2) is 29.8 Å². The van der Waals surface area contributed by atoms with E-state index in [1.54, 1.807) is 12.3 Å². The number of rotatable bonds is 5. The van der Waals surface area contributed by atoms with Gasteiger partial charge in [-0.2, -0.15) is 0 Å². The van der Waals surface area contributed by atoms with Crippen LogP contribution in [0.25, 0.3) is 10.9 Å². The van der Waals surface area contributed by atoms with Crippen LogP contribution in [0.3, 0.4) is 0 Å². The minimum Gasteiger partial charge on any atom is -0.361 e. The number of carbonyl (C=O) groups excluding carboxylic acids is 1. The molecule has 114 valence electrons. The van der Waals surface area contributed by atoms with E-state index in [9.17, 15) is 9.18 Å². The second-order valence-corrected chi connectivity index (χ2v) is 6.05. The molecule has 2 heterocycles. The van der Waals surface area contributed by atoms with E-state index in [0.29, 0.717) is 10.5 Å². The van der Waals surface area contributed by atoms with Gasteiger partial charge < -0.3 is 10.3 Å². The molecule has 0 aliphatic rings. The highest BCUT2D eigenvalue weighted by Gasteiger charge is 2.16. The Morgan fingerprint density at radius 2 is 2.32 bits per heavy atom. The van der Waals surface area contributed by atoms with Gasteiger partial charge in [0, 0.05) is 34.9 Å². The third kappa shape index (κ3) is 2.80. The van der Waals surface area contributed by atoms with Gasteiger partial charge in [0.1, 0.15) is 5.82 Å². The van der Waals surface area contributed by atoms with Gasteiger partial charge in [0.15, 0.2) is 10.8 Å². The Hall–Kier alpha value is -2.05. The van der Waals surface area contributed by atoms with E-state index >= 15 is 0 Å². The average Bonchev–Trinajstić information content (AvgIpc) is 3.13. The summed E-state index contributed by atoms with van der Waals surface area (Å²) in [6, 6.07) is 4.65. The molecule has 0 amide bonds. The highest BCUT2D eigenvalue weighted by Crippen LogP contribution is 2.22. The van der Waals surface area contributed by atoms with Crippen molar-refractivity contribution in [3.63, 3.8) is 0 Å². The minimum atomic E-state index is -0.294. The summed E-state index contributed by atoms with van der Waals surface area (Å²) in [5, 5.41) is 6.38. The fraction of sp³-hybridized carbons (Fsp3) is 0.250. The first-order valence-corrected chi connectivity index (χ1v) is 7.88. The number of hydrogen-bond donors (Lipinski definition) is 2. The first kappa shape index (κ1) is 14.9. The molecule has 0 fully saturated rings. The van der Waals surface area contributed by atoms with Crippen LogP contribution in [0, 0.1) is 5.82 Å². The van der Waals surface area contributed by atoms with E-state index in [4.69, 9.17) is 0 Å². The van der Waals surface area contributed by atoms with Crippen molar-refractivity contribution >= 4 is 28.0 Å². The van der Waals surface area contributed by atoms with Crippen molar-refractivity contribution < 1.29 is 9.18 Å². The molecule has 1 aromatic carbocycles. The molecule has 0 unspecified atom stereocenters. The molecule has 0 spiro atoms. The number of fused-ring (bicyclic) bond motifs is 1. The van der Waals surface area contributed by atoms with Crippen molar-refractivity contribution in [2.24, 2.45) is 0 Å². The number of nitrogens with one attached hydrogen (secondary N) is 2. The number of nitrogens with zero attached hydrogens (tertiary/aromatic N) is 1. The zero-order valence-corrected chi connectivity index (χ0v) is 13.1. The Kier molecular flexibility index (Phi) is 4.04. The molecule has 0 bridgehead atoms. The Bertz CT molecular complexity index is 824. The average molecular weight is 317 g/mol. The number of hydrogen-bond acceptors (Lipinski definition) is 4. The van der Waals surface area contributed by atoms with Gasteiger partial charge >= 0.3 is 0 Å². The third-order valence-electron chi connectivity index (χ3n) is 3.72. The number of H-pyrrole nitrogens is 1. The highest BCUT2D eigenvalue weighted by molar-refractivity contribution is 7.11. The fourth-order valence-corrected chi connectivity index (χ4v) is 3.17. The fourth-order valence-electron chi connectivity index (χ4n) is 2.31. The van der Waals surface area contributed by atoms with E-state index in [1.165, 1.54) is 23.5 Å². The lowest BCUT2D eigenvalue weighted by Crippen LogP contribution is -2.13. The van der Waals surface area contributed by atoms with E-state index in [-0.39, 0.29) is 24.1 Å². The number of halogens is 1. The van der Waals surface area contributed by atoms with Crippen molar-refractivity contribution in [1.29, 1.82) is 0 Å². The van der Waals surface area contributed by atoms with Gasteiger partial charge in [0.2, 0.25) is 0 Å². The molecule has 3 rings (SSSR count). The summed E-state index contributed by atoms with van der Waals surface area (Å²) in [7, 11) is 1.86. The molecule has 0 saturated heterocycles. The lowest BCUT2D eigenvalue weighted by atomic mass is 10.1. The summed E-state index contributed by atoms with van der Waals surface area (Å²) in [5.74, 6) is -0.317. The van der Waals surface area contributed by atoms with Crippen LogP contribution in [0.4, 0.5) is 4.39 Å². The molecule has 6 heteroatoms. The number of Topliss-reactive ketones (excluding diaryl/α,β-unsaturated/α-hetero) is 1. The molecule has 0 aliphatic heterocycles. The maximum Gasteiger partial charge on any atom is 0.195 e. The maximum atomic E-state index is 13.2. The number of carbonyl (C=O) groups is 1. The molecular formula is C16H16FN3OS. The monoisotopic (exact) mass is 317 g/mol. The van der Waals surface area contributed by atoms with E-state index in [0.717, 1.165) is 16.6 Å². The van der Waals surface area contributed by atoms with Crippen LogP contribution in [0.2, 0.25) is 0 Å². The molecule has 4 nitrogen and oxygen atoms in total. The highest BCUT2D eigenvalue weighted by atomic mass is 32.1. The van der Waals surface area contributed by atoms with Gasteiger partial charge in [-0.15, -0.1) is 11.3 Å². The van der Waals surface area contributed by atoms with Crippen molar-refractivity contribution in [2.75, 3.05) is 7.05 Å². The lowest BCUT2D eigenvalue weighted by Gasteiger charge is -2.04.